The number of hydrogen-bond donors (Lipinski definition) is 2. The molecule has 0 heterocycles. The third-order valence-corrected chi connectivity index (χ3v) is 1.65. The normalized spacial score (nSPS) is 17.3. The van der Waals surface area contributed by atoms with Gasteiger partial charge in [0.15, 0.2) is 0 Å². The minimum Gasteiger partial charge on any atom is -0.330 e. The van der Waals surface area contributed by atoms with Crippen molar-refractivity contribution in [3.63, 3.8) is 0 Å². The molecular formula is C7H18N2. The molecule has 0 aliphatic rings. The summed E-state index contributed by atoms with van der Waals surface area (Å²) < 4.78 is 0. The van der Waals surface area contributed by atoms with Gasteiger partial charge < -0.3 is 11.1 Å². The molecule has 0 spiro atoms. The summed E-state index contributed by atoms with van der Waals surface area (Å²) in [5.74, 6) is 0.646. The number of rotatable bonds is 4. The molecule has 2 nitrogen and oxygen atoms in total. The molecule has 0 radical (unpaired) electrons. The van der Waals surface area contributed by atoms with Gasteiger partial charge in [0.05, 0.1) is 0 Å². The van der Waals surface area contributed by atoms with Crippen molar-refractivity contribution in [2.75, 3.05) is 13.6 Å². The molecule has 9 heavy (non-hydrogen) atoms. The summed E-state index contributed by atoms with van der Waals surface area (Å²) in [5, 5.41) is 3.17. The van der Waals surface area contributed by atoms with Gasteiger partial charge in [-0.05, 0) is 32.9 Å². The van der Waals surface area contributed by atoms with Crippen LogP contribution in [0.25, 0.3) is 0 Å². The number of hydrogen-bond acceptors (Lipinski definition) is 2. The molecule has 0 aliphatic carbocycles. The van der Waals surface area contributed by atoms with E-state index in [-0.39, 0.29) is 0 Å². The Labute approximate surface area is 57.8 Å². The summed E-state index contributed by atoms with van der Waals surface area (Å²) in [4.78, 5) is 0. The molecule has 3 N–H and O–H groups in total. The van der Waals surface area contributed by atoms with Crippen LogP contribution >= 0.6 is 0 Å². The smallest absolute Gasteiger partial charge is 0.00387 e. The lowest BCUT2D eigenvalue weighted by molar-refractivity contribution is 0.449. The molecule has 0 aromatic heterocycles. The van der Waals surface area contributed by atoms with Crippen molar-refractivity contribution in [2.24, 2.45) is 11.7 Å². The largest absolute Gasteiger partial charge is 0.330 e. The SMILES string of the molecule is CNC(C)CC(C)CN. The quantitative estimate of drug-likeness (QED) is 0.584. The third kappa shape index (κ3) is 4.43. The summed E-state index contributed by atoms with van der Waals surface area (Å²) in [6.07, 6.45) is 1.17. The predicted molar refractivity (Wildman–Crippen MR) is 41.4 cm³/mol. The Morgan fingerprint density at radius 1 is 1.44 bits per heavy atom. The van der Waals surface area contributed by atoms with Crippen molar-refractivity contribution in [2.45, 2.75) is 26.3 Å². The Morgan fingerprint density at radius 2 is 2.00 bits per heavy atom. The van der Waals surface area contributed by atoms with E-state index in [0.29, 0.717) is 12.0 Å². The molecule has 0 amide bonds. The highest BCUT2D eigenvalue weighted by Crippen LogP contribution is 2.01. The maximum absolute atomic E-state index is 5.45. The molecule has 0 aromatic carbocycles. The minimum atomic E-state index is 0.601. The van der Waals surface area contributed by atoms with E-state index < -0.39 is 0 Å². The molecule has 2 heteroatoms. The topological polar surface area (TPSA) is 38.0 Å². The van der Waals surface area contributed by atoms with E-state index >= 15 is 0 Å². The Balaban J connectivity index is 3.22. The highest BCUT2D eigenvalue weighted by Gasteiger charge is 2.03. The van der Waals surface area contributed by atoms with E-state index in [2.05, 4.69) is 19.2 Å². The Bertz CT molecular complexity index is 55.9. The molecule has 2 atom stereocenters. The Kier molecular flexibility index (Phi) is 4.72. The highest BCUT2D eigenvalue weighted by molar-refractivity contribution is 4.62. The van der Waals surface area contributed by atoms with Gasteiger partial charge in [-0.1, -0.05) is 6.92 Å². The molecule has 0 bridgehead atoms. The molecular weight excluding hydrogens is 112 g/mol. The van der Waals surface area contributed by atoms with Crippen molar-refractivity contribution in [3.05, 3.63) is 0 Å². The zero-order valence-corrected chi connectivity index (χ0v) is 6.65. The lowest BCUT2D eigenvalue weighted by Crippen LogP contribution is -2.26. The van der Waals surface area contributed by atoms with Gasteiger partial charge in [-0.3, -0.25) is 0 Å². The van der Waals surface area contributed by atoms with Gasteiger partial charge >= 0.3 is 0 Å². The van der Waals surface area contributed by atoms with Crippen LogP contribution in [0, 0.1) is 5.92 Å². The lowest BCUT2D eigenvalue weighted by Gasteiger charge is -2.13. The maximum Gasteiger partial charge on any atom is 0.00387 e. The van der Waals surface area contributed by atoms with Crippen LogP contribution in [0.15, 0.2) is 0 Å². The second-order valence-corrected chi connectivity index (χ2v) is 2.77. The van der Waals surface area contributed by atoms with Crippen LogP contribution in [0.4, 0.5) is 0 Å². The molecule has 0 saturated carbocycles. The van der Waals surface area contributed by atoms with Crippen LogP contribution in [-0.2, 0) is 0 Å². The summed E-state index contributed by atoms with van der Waals surface area (Å²) in [7, 11) is 1.98. The first kappa shape index (κ1) is 8.92. The minimum absolute atomic E-state index is 0.601. The summed E-state index contributed by atoms with van der Waals surface area (Å²) >= 11 is 0. The van der Waals surface area contributed by atoms with Crippen LogP contribution in [0.1, 0.15) is 20.3 Å². The fourth-order valence-electron chi connectivity index (χ4n) is 0.818. The fourth-order valence-corrected chi connectivity index (χ4v) is 0.818. The monoisotopic (exact) mass is 130 g/mol. The molecule has 0 aromatic rings. The zero-order chi connectivity index (χ0) is 7.28. The number of nitrogens with one attached hydrogen (secondary N) is 1. The van der Waals surface area contributed by atoms with Crippen molar-refractivity contribution >= 4 is 0 Å². The van der Waals surface area contributed by atoms with Gasteiger partial charge in [-0.25, -0.2) is 0 Å². The van der Waals surface area contributed by atoms with Crippen LogP contribution in [-0.4, -0.2) is 19.6 Å². The van der Waals surface area contributed by atoms with Crippen LogP contribution in [0.3, 0.4) is 0 Å². The standard InChI is InChI=1S/C7H18N2/c1-6(5-8)4-7(2)9-3/h6-7,9H,4-5,8H2,1-3H3. The van der Waals surface area contributed by atoms with E-state index in [1.54, 1.807) is 0 Å². The predicted octanol–water partition coefficient (Wildman–Crippen LogP) is 0.579. The average molecular weight is 130 g/mol. The molecule has 0 saturated heterocycles. The Hall–Kier alpha value is -0.0800. The molecule has 2 unspecified atom stereocenters. The van der Waals surface area contributed by atoms with E-state index in [1.807, 2.05) is 7.05 Å². The molecule has 0 aliphatic heterocycles. The van der Waals surface area contributed by atoms with Gasteiger partial charge in [0.25, 0.3) is 0 Å². The Morgan fingerprint density at radius 3 is 2.33 bits per heavy atom. The van der Waals surface area contributed by atoms with E-state index in [1.165, 1.54) is 6.42 Å². The summed E-state index contributed by atoms with van der Waals surface area (Å²) in [6.45, 7) is 5.14. The van der Waals surface area contributed by atoms with Crippen LogP contribution in [0.5, 0.6) is 0 Å². The van der Waals surface area contributed by atoms with Crippen LogP contribution < -0.4 is 11.1 Å². The van der Waals surface area contributed by atoms with E-state index in [4.69, 9.17) is 5.73 Å². The first-order valence-corrected chi connectivity index (χ1v) is 3.58. The first-order chi connectivity index (χ1) is 4.20. The molecule has 0 fully saturated rings. The fraction of sp³-hybridized carbons (Fsp3) is 1.00. The van der Waals surface area contributed by atoms with Crippen LogP contribution in [0.2, 0.25) is 0 Å². The first-order valence-electron chi connectivity index (χ1n) is 3.58. The lowest BCUT2D eigenvalue weighted by atomic mass is 10.0. The zero-order valence-electron chi connectivity index (χ0n) is 6.65. The molecule has 56 valence electrons. The molecule has 0 rings (SSSR count). The van der Waals surface area contributed by atoms with Gasteiger partial charge in [0, 0.05) is 6.04 Å². The average Bonchev–Trinajstić information content (AvgIpc) is 1.87. The second kappa shape index (κ2) is 4.77. The van der Waals surface area contributed by atoms with Crippen molar-refractivity contribution < 1.29 is 0 Å². The second-order valence-electron chi connectivity index (χ2n) is 2.77. The van der Waals surface area contributed by atoms with E-state index in [0.717, 1.165) is 6.54 Å². The van der Waals surface area contributed by atoms with Crippen molar-refractivity contribution in [1.29, 1.82) is 0 Å². The van der Waals surface area contributed by atoms with E-state index in [9.17, 15) is 0 Å². The van der Waals surface area contributed by atoms with Crippen molar-refractivity contribution in [3.8, 4) is 0 Å². The highest BCUT2D eigenvalue weighted by atomic mass is 14.8. The van der Waals surface area contributed by atoms with Gasteiger partial charge in [-0.15, -0.1) is 0 Å². The van der Waals surface area contributed by atoms with Gasteiger partial charge in [-0.2, -0.15) is 0 Å². The number of nitrogens with two attached hydrogens (primary N) is 1. The third-order valence-electron chi connectivity index (χ3n) is 1.65. The van der Waals surface area contributed by atoms with Crippen molar-refractivity contribution in [1.82, 2.24) is 5.32 Å². The summed E-state index contributed by atoms with van der Waals surface area (Å²) in [6, 6.07) is 0.601. The maximum atomic E-state index is 5.45. The van der Waals surface area contributed by atoms with Gasteiger partial charge in [0.1, 0.15) is 0 Å². The summed E-state index contributed by atoms with van der Waals surface area (Å²) in [5.41, 5.74) is 5.45. The van der Waals surface area contributed by atoms with Gasteiger partial charge in [0.2, 0.25) is 0 Å².